The van der Waals surface area contributed by atoms with E-state index >= 15 is 0 Å². The van der Waals surface area contributed by atoms with Gasteiger partial charge in [0.25, 0.3) is 0 Å². The molecule has 0 bridgehead atoms. The Kier molecular flexibility index (Phi) is 5.46. The van der Waals surface area contributed by atoms with Crippen LogP contribution in [0.4, 0.5) is 0 Å². The fraction of sp³-hybridized carbons (Fsp3) is 0.100. The van der Waals surface area contributed by atoms with Crippen molar-refractivity contribution in [2.75, 3.05) is 7.11 Å². The maximum atomic E-state index is 11.3. The molecule has 0 atom stereocenters. The lowest BCUT2D eigenvalue weighted by Crippen LogP contribution is -2.02. The highest BCUT2D eigenvalue weighted by atomic mass is 127. The Labute approximate surface area is 120 Å². The van der Waals surface area contributed by atoms with E-state index in [-0.39, 0.29) is 5.70 Å². The molecule has 7 heteroatoms. The van der Waals surface area contributed by atoms with E-state index in [1.165, 1.54) is 13.2 Å². The average Bonchev–Trinajstić information content (AvgIpc) is 2.30. The Morgan fingerprint density at radius 2 is 2.35 bits per heavy atom. The summed E-state index contributed by atoms with van der Waals surface area (Å²) >= 11 is 5.53. The van der Waals surface area contributed by atoms with Crippen molar-refractivity contribution in [3.05, 3.63) is 47.9 Å². The van der Waals surface area contributed by atoms with E-state index in [9.17, 15) is 4.79 Å². The second-order valence-electron chi connectivity index (χ2n) is 2.88. The van der Waals surface area contributed by atoms with Crippen LogP contribution in [-0.2, 0) is 9.53 Å². The summed E-state index contributed by atoms with van der Waals surface area (Å²) in [5.41, 5.74) is 9.02. The van der Waals surface area contributed by atoms with Crippen LogP contribution in [0.5, 0.6) is 0 Å². The van der Waals surface area contributed by atoms with Crippen LogP contribution in [0.3, 0.4) is 0 Å². The molecule has 1 aromatic rings. The minimum absolute atomic E-state index is 0.0862. The summed E-state index contributed by atoms with van der Waals surface area (Å²) < 4.78 is 6.37. The van der Waals surface area contributed by atoms with Crippen LogP contribution in [0.1, 0.15) is 5.56 Å². The summed E-state index contributed by atoms with van der Waals surface area (Å²) in [4.78, 5) is 13.9. The summed E-state index contributed by atoms with van der Waals surface area (Å²) in [6.45, 7) is 0. The van der Waals surface area contributed by atoms with Gasteiger partial charge in [-0.05, 0) is 51.9 Å². The van der Waals surface area contributed by atoms with Gasteiger partial charge >= 0.3 is 5.97 Å². The van der Waals surface area contributed by atoms with Crippen molar-refractivity contribution in [2.24, 2.45) is 5.11 Å². The van der Waals surface area contributed by atoms with Gasteiger partial charge in [0, 0.05) is 13.0 Å². The number of carbonyl (C=O) groups excluding carboxylic acids is 1. The lowest BCUT2D eigenvalue weighted by molar-refractivity contribution is -0.136. The molecule has 1 rings (SSSR count). The van der Waals surface area contributed by atoms with Crippen molar-refractivity contribution in [2.45, 2.75) is 0 Å². The number of methoxy groups -OCH3 is 1. The molecule has 0 amide bonds. The zero-order chi connectivity index (χ0) is 12.8. The van der Waals surface area contributed by atoms with Gasteiger partial charge in [0.15, 0.2) is 0 Å². The fourth-order valence-corrected chi connectivity index (χ4v) is 2.46. The SMILES string of the molecule is COC(=O)/C(=C/c1ccc(I)cc1Br)N=[N+]=[N-]. The highest BCUT2D eigenvalue weighted by Crippen LogP contribution is 2.22. The van der Waals surface area contributed by atoms with Crippen molar-refractivity contribution in [1.82, 2.24) is 0 Å². The maximum Gasteiger partial charge on any atom is 0.340 e. The number of hydrogen-bond acceptors (Lipinski definition) is 3. The molecule has 1 aromatic carbocycles. The van der Waals surface area contributed by atoms with Crippen LogP contribution >= 0.6 is 38.5 Å². The standard InChI is InChI=1S/C10H7BrIN3O2/c1-17-10(16)9(14-15-13)4-6-2-3-7(12)5-8(6)11/h2-5H,1H3/b9-4-. The molecule has 0 heterocycles. The van der Waals surface area contributed by atoms with Crippen molar-refractivity contribution in [3.63, 3.8) is 0 Å². The molecule has 0 N–H and O–H groups in total. The Bertz CT molecular complexity index is 524. The lowest BCUT2D eigenvalue weighted by atomic mass is 10.2. The molecule has 0 unspecified atom stereocenters. The highest BCUT2D eigenvalue weighted by Gasteiger charge is 2.08. The zero-order valence-electron chi connectivity index (χ0n) is 8.72. The van der Waals surface area contributed by atoms with Gasteiger partial charge in [-0.2, -0.15) is 0 Å². The number of benzene rings is 1. The Morgan fingerprint density at radius 3 is 2.88 bits per heavy atom. The zero-order valence-corrected chi connectivity index (χ0v) is 12.5. The second kappa shape index (κ2) is 6.63. The summed E-state index contributed by atoms with van der Waals surface area (Å²) in [5, 5.41) is 3.30. The van der Waals surface area contributed by atoms with Gasteiger partial charge in [-0.3, -0.25) is 0 Å². The molecule has 5 nitrogen and oxygen atoms in total. The van der Waals surface area contributed by atoms with E-state index in [4.69, 9.17) is 5.53 Å². The first kappa shape index (κ1) is 14.0. The van der Waals surface area contributed by atoms with Gasteiger partial charge < -0.3 is 4.74 Å². The van der Waals surface area contributed by atoms with E-state index in [0.29, 0.717) is 0 Å². The predicted octanol–water partition coefficient (Wildman–Crippen LogP) is 3.88. The van der Waals surface area contributed by atoms with E-state index in [0.717, 1.165) is 13.6 Å². The van der Waals surface area contributed by atoms with Crippen molar-refractivity contribution in [3.8, 4) is 0 Å². The second-order valence-corrected chi connectivity index (χ2v) is 4.98. The number of nitrogens with zero attached hydrogens (tertiary/aromatic N) is 3. The number of halogens is 2. The lowest BCUT2D eigenvalue weighted by Gasteiger charge is -2.02. The molecule has 0 aliphatic heterocycles. The molecule has 0 fully saturated rings. The molecule has 0 aliphatic carbocycles. The predicted molar refractivity (Wildman–Crippen MR) is 76.0 cm³/mol. The van der Waals surface area contributed by atoms with Gasteiger partial charge in [-0.15, -0.1) is 0 Å². The van der Waals surface area contributed by atoms with Crippen LogP contribution in [0.2, 0.25) is 0 Å². The number of carbonyl (C=O) groups is 1. The van der Waals surface area contributed by atoms with Gasteiger partial charge in [0.2, 0.25) is 0 Å². The number of hydrogen-bond donors (Lipinski definition) is 0. The van der Waals surface area contributed by atoms with Gasteiger partial charge in [-0.1, -0.05) is 27.1 Å². The Morgan fingerprint density at radius 1 is 1.65 bits per heavy atom. The topological polar surface area (TPSA) is 75.1 Å². The van der Waals surface area contributed by atoms with Gasteiger partial charge in [0.1, 0.15) is 5.70 Å². The molecule has 0 aromatic heterocycles. The number of ether oxygens (including phenoxy) is 1. The third kappa shape index (κ3) is 4.03. The van der Waals surface area contributed by atoms with E-state index in [1.54, 1.807) is 0 Å². The molecule has 0 saturated heterocycles. The quantitative estimate of drug-likeness (QED) is 0.190. The minimum atomic E-state index is -0.673. The average molecular weight is 408 g/mol. The molecule has 17 heavy (non-hydrogen) atoms. The number of esters is 1. The third-order valence-corrected chi connectivity index (χ3v) is 3.16. The largest absolute Gasteiger partial charge is 0.466 e. The van der Waals surface area contributed by atoms with E-state index < -0.39 is 5.97 Å². The van der Waals surface area contributed by atoms with Crippen LogP contribution in [0, 0.1) is 3.57 Å². The molecule has 0 spiro atoms. The summed E-state index contributed by atoms with van der Waals surface area (Å²) in [7, 11) is 1.23. The first-order valence-corrected chi connectivity index (χ1v) is 6.26. The monoisotopic (exact) mass is 407 g/mol. The van der Waals surface area contributed by atoms with Crippen molar-refractivity contribution >= 4 is 50.6 Å². The number of azide groups is 1. The fourth-order valence-electron chi connectivity index (χ4n) is 1.05. The van der Waals surface area contributed by atoms with E-state index in [2.05, 4.69) is 53.3 Å². The van der Waals surface area contributed by atoms with Crippen LogP contribution < -0.4 is 0 Å². The summed E-state index contributed by atoms with van der Waals surface area (Å²) in [6, 6.07) is 5.57. The highest BCUT2D eigenvalue weighted by molar-refractivity contribution is 14.1. The smallest absolute Gasteiger partial charge is 0.340 e. The molecule has 0 radical (unpaired) electrons. The van der Waals surface area contributed by atoms with Gasteiger partial charge in [-0.25, -0.2) is 4.79 Å². The molecular weight excluding hydrogens is 401 g/mol. The Balaban J connectivity index is 3.21. The molecular formula is C10H7BrIN3O2. The van der Waals surface area contributed by atoms with Crippen molar-refractivity contribution in [1.29, 1.82) is 0 Å². The molecule has 88 valence electrons. The first-order chi connectivity index (χ1) is 8.08. The van der Waals surface area contributed by atoms with Gasteiger partial charge in [0.05, 0.1) is 7.11 Å². The summed E-state index contributed by atoms with van der Waals surface area (Å²) in [6.07, 6.45) is 1.46. The normalized spacial score (nSPS) is 10.6. The van der Waals surface area contributed by atoms with E-state index in [1.807, 2.05) is 18.2 Å². The molecule has 0 saturated carbocycles. The van der Waals surface area contributed by atoms with Crippen LogP contribution in [0.15, 0.2) is 33.5 Å². The van der Waals surface area contributed by atoms with Crippen LogP contribution in [0.25, 0.3) is 16.5 Å². The first-order valence-electron chi connectivity index (χ1n) is 4.38. The summed E-state index contributed by atoms with van der Waals surface area (Å²) in [5.74, 6) is -0.673. The van der Waals surface area contributed by atoms with Crippen molar-refractivity contribution < 1.29 is 9.53 Å². The maximum absolute atomic E-state index is 11.3. The Hall–Kier alpha value is -1.05. The minimum Gasteiger partial charge on any atom is -0.466 e. The molecule has 0 aliphatic rings. The number of rotatable bonds is 3. The van der Waals surface area contributed by atoms with Crippen LogP contribution in [-0.4, -0.2) is 13.1 Å². The third-order valence-electron chi connectivity index (χ3n) is 1.80.